The van der Waals surface area contributed by atoms with Gasteiger partial charge in [0.25, 0.3) is 0 Å². The molecular formula is C14H14N2O2. The Labute approximate surface area is 105 Å². The van der Waals surface area contributed by atoms with Gasteiger partial charge in [-0.15, -0.1) is 0 Å². The van der Waals surface area contributed by atoms with Gasteiger partial charge >= 0.3 is 6.09 Å². The average Bonchev–Trinajstić information content (AvgIpc) is 2.38. The van der Waals surface area contributed by atoms with E-state index >= 15 is 0 Å². The van der Waals surface area contributed by atoms with E-state index in [1.54, 1.807) is 12.3 Å². The zero-order chi connectivity index (χ0) is 13.0. The van der Waals surface area contributed by atoms with Crippen molar-refractivity contribution in [3.63, 3.8) is 0 Å². The summed E-state index contributed by atoms with van der Waals surface area (Å²) >= 11 is 0. The lowest BCUT2D eigenvalue weighted by Crippen LogP contribution is -2.07. The molecule has 0 aliphatic carbocycles. The summed E-state index contributed by atoms with van der Waals surface area (Å²) in [7, 11) is 0. The molecule has 4 nitrogen and oxygen atoms in total. The Morgan fingerprint density at radius 2 is 1.94 bits per heavy atom. The molecule has 1 amide bonds. The number of nitrogens with one attached hydrogen (secondary N) is 1. The highest BCUT2D eigenvalue weighted by atomic mass is 16.4. The van der Waals surface area contributed by atoms with Gasteiger partial charge in [0.05, 0.1) is 11.9 Å². The zero-order valence-corrected chi connectivity index (χ0v) is 10.1. The monoisotopic (exact) mass is 242 g/mol. The molecule has 2 aromatic rings. The maximum Gasteiger partial charge on any atom is 0.409 e. The summed E-state index contributed by atoms with van der Waals surface area (Å²) in [6, 6.07) is 9.92. The molecule has 0 bridgehead atoms. The molecule has 1 heterocycles. The number of aryl methyl sites for hydroxylation is 1. The minimum Gasteiger partial charge on any atom is -0.465 e. The van der Waals surface area contributed by atoms with Gasteiger partial charge in [0, 0.05) is 11.8 Å². The standard InChI is InChI=1S/C14H14N2O2/c1-2-10-3-5-11(6-4-10)12-7-13(9-15-8-12)16-14(17)18/h3-9,16H,2H2,1H3,(H,17,18). The topological polar surface area (TPSA) is 62.2 Å². The highest BCUT2D eigenvalue weighted by Gasteiger charge is 2.02. The average molecular weight is 242 g/mol. The molecule has 0 saturated carbocycles. The molecule has 0 spiro atoms. The molecule has 18 heavy (non-hydrogen) atoms. The van der Waals surface area contributed by atoms with Crippen LogP contribution in [-0.4, -0.2) is 16.2 Å². The van der Waals surface area contributed by atoms with Crippen LogP contribution in [-0.2, 0) is 6.42 Å². The van der Waals surface area contributed by atoms with Gasteiger partial charge in [-0.1, -0.05) is 31.2 Å². The lowest BCUT2D eigenvalue weighted by Gasteiger charge is -2.05. The zero-order valence-electron chi connectivity index (χ0n) is 10.1. The van der Waals surface area contributed by atoms with Gasteiger partial charge in [-0.25, -0.2) is 4.79 Å². The fraction of sp³-hybridized carbons (Fsp3) is 0.143. The maximum atomic E-state index is 10.6. The second-order valence-corrected chi connectivity index (χ2v) is 3.94. The minimum atomic E-state index is -1.09. The van der Waals surface area contributed by atoms with Gasteiger partial charge in [0.1, 0.15) is 0 Å². The molecule has 1 aromatic heterocycles. The van der Waals surface area contributed by atoms with E-state index in [0.29, 0.717) is 5.69 Å². The van der Waals surface area contributed by atoms with E-state index in [2.05, 4.69) is 29.4 Å². The van der Waals surface area contributed by atoms with Crippen LogP contribution >= 0.6 is 0 Å². The first-order chi connectivity index (χ1) is 8.69. The Hall–Kier alpha value is -2.36. The molecule has 4 heteroatoms. The number of carbonyl (C=O) groups is 1. The fourth-order valence-corrected chi connectivity index (χ4v) is 1.72. The van der Waals surface area contributed by atoms with E-state index in [1.165, 1.54) is 11.8 Å². The third kappa shape index (κ3) is 2.85. The number of anilines is 1. The summed E-state index contributed by atoms with van der Waals surface area (Å²) < 4.78 is 0. The van der Waals surface area contributed by atoms with Crippen LogP contribution in [0.2, 0.25) is 0 Å². The Kier molecular flexibility index (Phi) is 3.57. The minimum absolute atomic E-state index is 0.472. The number of benzene rings is 1. The molecule has 0 aliphatic heterocycles. The van der Waals surface area contributed by atoms with Crippen LogP contribution in [0.1, 0.15) is 12.5 Å². The van der Waals surface area contributed by atoms with Gasteiger partial charge in [0.15, 0.2) is 0 Å². The third-order valence-electron chi connectivity index (χ3n) is 2.69. The third-order valence-corrected chi connectivity index (χ3v) is 2.69. The number of rotatable bonds is 3. The molecule has 0 aliphatic rings. The lowest BCUT2D eigenvalue weighted by molar-refractivity contribution is 0.209. The second-order valence-electron chi connectivity index (χ2n) is 3.94. The molecule has 2 N–H and O–H groups in total. The SMILES string of the molecule is CCc1ccc(-c2cncc(NC(=O)O)c2)cc1. The fourth-order valence-electron chi connectivity index (χ4n) is 1.72. The molecule has 0 fully saturated rings. The van der Waals surface area contributed by atoms with Crippen LogP contribution in [0, 0.1) is 0 Å². The number of nitrogens with zero attached hydrogens (tertiary/aromatic N) is 1. The normalized spacial score (nSPS) is 10.1. The molecule has 0 saturated heterocycles. The molecular weight excluding hydrogens is 228 g/mol. The number of amides is 1. The quantitative estimate of drug-likeness (QED) is 0.867. The Morgan fingerprint density at radius 3 is 2.56 bits per heavy atom. The van der Waals surface area contributed by atoms with Crippen LogP contribution in [0.25, 0.3) is 11.1 Å². The molecule has 0 unspecified atom stereocenters. The number of pyridine rings is 1. The Morgan fingerprint density at radius 1 is 1.22 bits per heavy atom. The maximum absolute atomic E-state index is 10.6. The smallest absolute Gasteiger partial charge is 0.409 e. The van der Waals surface area contributed by atoms with Gasteiger partial charge in [-0.3, -0.25) is 10.3 Å². The summed E-state index contributed by atoms with van der Waals surface area (Å²) in [6.07, 6.45) is 3.11. The summed E-state index contributed by atoms with van der Waals surface area (Å²) in [4.78, 5) is 14.6. The van der Waals surface area contributed by atoms with E-state index in [1.807, 2.05) is 12.1 Å². The predicted octanol–water partition coefficient (Wildman–Crippen LogP) is 3.40. The van der Waals surface area contributed by atoms with Crippen molar-refractivity contribution in [3.8, 4) is 11.1 Å². The van der Waals surface area contributed by atoms with Crippen LogP contribution < -0.4 is 5.32 Å². The molecule has 1 aromatic carbocycles. The number of hydrogen-bond acceptors (Lipinski definition) is 2. The van der Waals surface area contributed by atoms with Crippen molar-refractivity contribution in [2.45, 2.75) is 13.3 Å². The van der Waals surface area contributed by atoms with E-state index in [4.69, 9.17) is 5.11 Å². The number of carboxylic acid groups (broad SMARTS) is 1. The predicted molar refractivity (Wildman–Crippen MR) is 70.7 cm³/mol. The van der Waals surface area contributed by atoms with Gasteiger partial charge in [0.2, 0.25) is 0 Å². The van der Waals surface area contributed by atoms with E-state index < -0.39 is 6.09 Å². The van der Waals surface area contributed by atoms with E-state index in [-0.39, 0.29) is 0 Å². The van der Waals surface area contributed by atoms with E-state index in [9.17, 15) is 4.79 Å². The Bertz CT molecular complexity index is 550. The summed E-state index contributed by atoms with van der Waals surface area (Å²) in [5.74, 6) is 0. The van der Waals surface area contributed by atoms with Crippen molar-refractivity contribution in [1.29, 1.82) is 0 Å². The number of aromatic nitrogens is 1. The van der Waals surface area contributed by atoms with Gasteiger partial charge in [-0.2, -0.15) is 0 Å². The number of hydrogen-bond donors (Lipinski definition) is 2. The van der Waals surface area contributed by atoms with Crippen molar-refractivity contribution >= 4 is 11.8 Å². The molecule has 92 valence electrons. The van der Waals surface area contributed by atoms with Crippen LogP contribution in [0.15, 0.2) is 42.7 Å². The molecule has 0 radical (unpaired) electrons. The highest BCUT2D eigenvalue weighted by Crippen LogP contribution is 2.22. The van der Waals surface area contributed by atoms with E-state index in [0.717, 1.165) is 17.5 Å². The van der Waals surface area contributed by atoms with Gasteiger partial charge in [-0.05, 0) is 23.6 Å². The van der Waals surface area contributed by atoms with Crippen molar-refractivity contribution in [2.24, 2.45) is 0 Å². The lowest BCUT2D eigenvalue weighted by atomic mass is 10.0. The highest BCUT2D eigenvalue weighted by molar-refractivity contribution is 5.83. The van der Waals surface area contributed by atoms with Crippen molar-refractivity contribution < 1.29 is 9.90 Å². The van der Waals surface area contributed by atoms with Crippen LogP contribution in [0.4, 0.5) is 10.5 Å². The summed E-state index contributed by atoms with van der Waals surface area (Å²) in [5, 5.41) is 10.9. The Balaban J connectivity index is 2.29. The van der Waals surface area contributed by atoms with Crippen molar-refractivity contribution in [1.82, 2.24) is 4.98 Å². The van der Waals surface area contributed by atoms with Crippen molar-refractivity contribution in [2.75, 3.05) is 5.32 Å². The first-order valence-corrected chi connectivity index (χ1v) is 5.73. The summed E-state index contributed by atoms with van der Waals surface area (Å²) in [5.41, 5.74) is 3.66. The van der Waals surface area contributed by atoms with Crippen molar-refractivity contribution in [3.05, 3.63) is 48.3 Å². The molecule has 0 atom stereocenters. The van der Waals surface area contributed by atoms with Crippen LogP contribution in [0.3, 0.4) is 0 Å². The first-order valence-electron chi connectivity index (χ1n) is 5.73. The van der Waals surface area contributed by atoms with Gasteiger partial charge < -0.3 is 5.11 Å². The first kappa shape index (κ1) is 12.1. The largest absolute Gasteiger partial charge is 0.465 e. The molecule has 2 rings (SSSR count). The van der Waals surface area contributed by atoms with Crippen LogP contribution in [0.5, 0.6) is 0 Å². The second kappa shape index (κ2) is 5.31. The summed E-state index contributed by atoms with van der Waals surface area (Å²) in [6.45, 7) is 2.11.